The van der Waals surface area contributed by atoms with Crippen LogP contribution in [0.2, 0.25) is 0 Å². The minimum absolute atomic E-state index is 0.170. The number of amides is 2. The van der Waals surface area contributed by atoms with Crippen LogP contribution in [0.1, 0.15) is 31.8 Å². The summed E-state index contributed by atoms with van der Waals surface area (Å²) in [5.41, 5.74) is 2.48. The first-order chi connectivity index (χ1) is 13.8. The Kier molecular flexibility index (Phi) is 5.02. The smallest absolute Gasteiger partial charge is 0.262 e. The van der Waals surface area contributed by atoms with Crippen molar-refractivity contribution in [1.29, 1.82) is 0 Å². The Balaban J connectivity index is 1.43. The lowest BCUT2D eigenvalue weighted by Crippen LogP contribution is -2.52. The molecule has 0 aromatic heterocycles. The molecule has 2 amide bonds. The quantitative estimate of drug-likeness (QED) is 0.715. The van der Waals surface area contributed by atoms with Crippen LogP contribution >= 0.6 is 0 Å². The van der Waals surface area contributed by atoms with Gasteiger partial charge in [-0.2, -0.15) is 4.31 Å². The van der Waals surface area contributed by atoms with Gasteiger partial charge in [0.1, 0.15) is 0 Å². The summed E-state index contributed by atoms with van der Waals surface area (Å²) in [6.07, 6.45) is 0. The Morgan fingerprint density at radius 2 is 1.45 bits per heavy atom. The number of hydrogen-bond donors (Lipinski definition) is 0. The van der Waals surface area contributed by atoms with Gasteiger partial charge in [0, 0.05) is 26.2 Å². The van der Waals surface area contributed by atoms with E-state index in [1.807, 2.05) is 24.0 Å². The van der Waals surface area contributed by atoms with Crippen molar-refractivity contribution >= 4 is 21.8 Å². The van der Waals surface area contributed by atoms with Crippen molar-refractivity contribution in [3.05, 3.63) is 64.7 Å². The van der Waals surface area contributed by atoms with Gasteiger partial charge in [0.25, 0.3) is 11.8 Å². The molecule has 2 aliphatic heterocycles. The van der Waals surface area contributed by atoms with E-state index < -0.39 is 10.0 Å². The number of hydrogen-bond acceptors (Lipinski definition) is 5. The maximum atomic E-state index is 13.1. The SMILES string of the molecule is Cc1ccc(C)c(S(=O)(=O)N2CCN(CN3C(=O)c4ccccc4C3=O)CC2)c1. The minimum Gasteiger partial charge on any atom is -0.283 e. The molecule has 2 aliphatic rings. The highest BCUT2D eigenvalue weighted by Gasteiger charge is 2.37. The van der Waals surface area contributed by atoms with E-state index in [0.29, 0.717) is 42.2 Å². The fourth-order valence-electron chi connectivity index (χ4n) is 3.80. The van der Waals surface area contributed by atoms with Gasteiger partial charge in [-0.1, -0.05) is 24.3 Å². The first-order valence-corrected chi connectivity index (χ1v) is 11.0. The van der Waals surface area contributed by atoms with Crippen LogP contribution in [0, 0.1) is 13.8 Å². The monoisotopic (exact) mass is 413 g/mol. The van der Waals surface area contributed by atoms with Crippen LogP contribution in [0.25, 0.3) is 0 Å². The van der Waals surface area contributed by atoms with Crippen molar-refractivity contribution < 1.29 is 18.0 Å². The van der Waals surface area contributed by atoms with E-state index in [0.717, 1.165) is 11.1 Å². The lowest BCUT2D eigenvalue weighted by molar-refractivity contribution is 0.0500. The third kappa shape index (κ3) is 3.48. The Bertz CT molecular complexity index is 1050. The fourth-order valence-corrected chi connectivity index (χ4v) is 5.54. The summed E-state index contributed by atoms with van der Waals surface area (Å²) >= 11 is 0. The molecule has 4 rings (SSSR count). The summed E-state index contributed by atoms with van der Waals surface area (Å²) < 4.78 is 27.6. The number of aryl methyl sites for hydroxylation is 2. The highest BCUT2D eigenvalue weighted by Crippen LogP contribution is 2.25. The molecule has 0 radical (unpaired) electrons. The van der Waals surface area contributed by atoms with E-state index >= 15 is 0 Å². The highest BCUT2D eigenvalue weighted by molar-refractivity contribution is 7.89. The molecule has 0 atom stereocenters. The number of rotatable bonds is 4. The molecule has 2 heterocycles. The molecule has 152 valence electrons. The lowest BCUT2D eigenvalue weighted by atomic mass is 10.1. The van der Waals surface area contributed by atoms with Crippen LogP contribution in [0.4, 0.5) is 0 Å². The molecule has 0 unspecified atom stereocenters. The molecule has 8 heteroatoms. The molecule has 0 saturated carbocycles. The second-order valence-corrected chi connectivity index (χ2v) is 9.42. The normalized spacial score (nSPS) is 18.3. The Morgan fingerprint density at radius 1 is 0.862 bits per heavy atom. The maximum Gasteiger partial charge on any atom is 0.262 e. The van der Waals surface area contributed by atoms with Crippen LogP contribution < -0.4 is 0 Å². The van der Waals surface area contributed by atoms with E-state index in [9.17, 15) is 18.0 Å². The van der Waals surface area contributed by atoms with Crippen LogP contribution in [0.15, 0.2) is 47.4 Å². The van der Waals surface area contributed by atoms with E-state index in [2.05, 4.69) is 0 Å². The molecule has 0 N–H and O–H groups in total. The van der Waals surface area contributed by atoms with Crippen molar-refractivity contribution in [2.24, 2.45) is 0 Å². The van der Waals surface area contributed by atoms with Gasteiger partial charge in [-0.25, -0.2) is 8.42 Å². The van der Waals surface area contributed by atoms with Crippen molar-refractivity contribution in [3.63, 3.8) is 0 Å². The number of sulfonamides is 1. The molecule has 2 aromatic rings. The number of piperazine rings is 1. The topological polar surface area (TPSA) is 78.0 Å². The standard InChI is InChI=1S/C21H23N3O4S/c1-15-7-8-16(2)19(13-15)29(27,28)23-11-9-22(10-12-23)14-24-20(25)17-5-3-4-6-18(17)21(24)26/h3-8,13H,9-12,14H2,1-2H3. The zero-order chi connectivity index (χ0) is 20.8. The van der Waals surface area contributed by atoms with Gasteiger partial charge < -0.3 is 0 Å². The Morgan fingerprint density at radius 3 is 2.03 bits per heavy atom. The van der Waals surface area contributed by atoms with E-state index in [-0.39, 0.29) is 18.5 Å². The molecular weight excluding hydrogens is 390 g/mol. The predicted octanol–water partition coefficient (Wildman–Crippen LogP) is 1.86. The van der Waals surface area contributed by atoms with Crippen LogP contribution in [0.3, 0.4) is 0 Å². The minimum atomic E-state index is -3.57. The molecule has 2 aromatic carbocycles. The Labute approximate surface area is 170 Å². The third-order valence-corrected chi connectivity index (χ3v) is 7.55. The number of carbonyl (C=O) groups is 2. The van der Waals surface area contributed by atoms with Crippen LogP contribution in [0.5, 0.6) is 0 Å². The largest absolute Gasteiger partial charge is 0.283 e. The van der Waals surface area contributed by atoms with Gasteiger partial charge in [-0.05, 0) is 43.2 Å². The van der Waals surface area contributed by atoms with Crippen molar-refractivity contribution in [2.75, 3.05) is 32.8 Å². The van der Waals surface area contributed by atoms with Gasteiger partial charge in [0.15, 0.2) is 0 Å². The van der Waals surface area contributed by atoms with Gasteiger partial charge in [0.05, 0.1) is 22.7 Å². The van der Waals surface area contributed by atoms with E-state index in [4.69, 9.17) is 0 Å². The van der Waals surface area contributed by atoms with E-state index in [1.165, 1.54) is 9.21 Å². The van der Waals surface area contributed by atoms with Crippen molar-refractivity contribution in [1.82, 2.24) is 14.1 Å². The predicted molar refractivity (Wildman–Crippen MR) is 108 cm³/mol. The van der Waals surface area contributed by atoms with Crippen molar-refractivity contribution in [3.8, 4) is 0 Å². The lowest BCUT2D eigenvalue weighted by Gasteiger charge is -2.35. The average Bonchev–Trinajstić information content (AvgIpc) is 2.95. The summed E-state index contributed by atoms with van der Waals surface area (Å²) in [5, 5.41) is 0. The molecular formula is C21H23N3O4S. The van der Waals surface area contributed by atoms with Crippen LogP contribution in [-0.2, 0) is 10.0 Å². The second-order valence-electron chi connectivity index (χ2n) is 7.52. The van der Waals surface area contributed by atoms with Crippen molar-refractivity contribution in [2.45, 2.75) is 18.7 Å². The molecule has 1 saturated heterocycles. The van der Waals surface area contributed by atoms with E-state index in [1.54, 1.807) is 37.3 Å². The second kappa shape index (κ2) is 7.37. The fraction of sp³-hybridized carbons (Fsp3) is 0.333. The number of fused-ring (bicyclic) bond motifs is 1. The highest BCUT2D eigenvalue weighted by atomic mass is 32.2. The summed E-state index contributed by atoms with van der Waals surface area (Å²) in [6, 6.07) is 12.2. The zero-order valence-electron chi connectivity index (χ0n) is 16.5. The number of nitrogens with zero attached hydrogens (tertiary/aromatic N) is 3. The molecule has 0 aliphatic carbocycles. The first kappa shape index (κ1) is 19.8. The number of carbonyl (C=O) groups excluding carboxylic acids is 2. The molecule has 29 heavy (non-hydrogen) atoms. The summed E-state index contributed by atoms with van der Waals surface area (Å²) in [7, 11) is -3.57. The zero-order valence-corrected chi connectivity index (χ0v) is 17.3. The average molecular weight is 413 g/mol. The summed E-state index contributed by atoms with van der Waals surface area (Å²) in [6.45, 7) is 5.39. The number of benzene rings is 2. The molecule has 1 fully saturated rings. The molecule has 0 spiro atoms. The van der Waals surface area contributed by atoms with Gasteiger partial charge >= 0.3 is 0 Å². The van der Waals surface area contributed by atoms with Crippen LogP contribution in [-0.4, -0.2) is 67.2 Å². The Hall–Kier alpha value is -2.55. The summed E-state index contributed by atoms with van der Waals surface area (Å²) in [5.74, 6) is -0.591. The molecule has 7 nitrogen and oxygen atoms in total. The number of imide groups is 1. The summed E-state index contributed by atoms with van der Waals surface area (Å²) in [4.78, 5) is 28.6. The third-order valence-electron chi connectivity index (χ3n) is 5.51. The molecule has 0 bridgehead atoms. The maximum absolute atomic E-state index is 13.1. The van der Waals surface area contributed by atoms with Gasteiger partial charge in [-0.3, -0.25) is 19.4 Å². The van der Waals surface area contributed by atoms with Gasteiger partial charge in [-0.15, -0.1) is 0 Å². The first-order valence-electron chi connectivity index (χ1n) is 9.54. The van der Waals surface area contributed by atoms with Gasteiger partial charge in [0.2, 0.25) is 10.0 Å².